The molecule has 24 heavy (non-hydrogen) atoms. The molecule has 0 radical (unpaired) electrons. The van der Waals surface area contributed by atoms with E-state index in [9.17, 15) is 13.2 Å². The Bertz CT molecular complexity index is 629. The molecule has 0 aliphatic carbocycles. The third-order valence-corrected chi connectivity index (χ3v) is 6.01. The largest absolute Gasteiger partial charge is 0.349 e. The van der Waals surface area contributed by atoms with Crippen LogP contribution in [0, 0.1) is 11.8 Å². The Morgan fingerprint density at radius 3 is 1.92 bits per heavy atom. The van der Waals surface area contributed by atoms with Gasteiger partial charge in [0.05, 0.1) is 11.4 Å². The van der Waals surface area contributed by atoms with Gasteiger partial charge in [0.1, 0.15) is 0 Å². The van der Waals surface area contributed by atoms with Gasteiger partial charge in [-0.05, 0) is 49.9 Å². The molecule has 0 saturated heterocycles. The quantitative estimate of drug-likeness (QED) is 0.779. The fourth-order valence-corrected chi connectivity index (χ4v) is 3.96. The van der Waals surface area contributed by atoms with Crippen LogP contribution in [0.4, 0.5) is 5.69 Å². The van der Waals surface area contributed by atoms with Gasteiger partial charge in [-0.3, -0.25) is 9.10 Å². The van der Waals surface area contributed by atoms with Crippen LogP contribution in [0.25, 0.3) is 0 Å². The number of nitrogens with one attached hydrogen (secondary N) is 1. The Kier molecular flexibility index (Phi) is 7.27. The summed E-state index contributed by atoms with van der Waals surface area (Å²) in [5.41, 5.74) is 1.12. The molecule has 1 aromatic rings. The van der Waals surface area contributed by atoms with Gasteiger partial charge >= 0.3 is 0 Å². The second-order valence-electron chi connectivity index (χ2n) is 6.60. The Labute approximate surface area is 146 Å². The molecule has 1 amide bonds. The molecule has 0 spiro atoms. The molecule has 1 rings (SSSR count). The smallest absolute Gasteiger partial charge is 0.251 e. The van der Waals surface area contributed by atoms with E-state index in [0.717, 1.165) is 0 Å². The topological polar surface area (TPSA) is 66.5 Å². The van der Waals surface area contributed by atoms with Crippen molar-refractivity contribution in [2.24, 2.45) is 11.8 Å². The zero-order valence-electron chi connectivity index (χ0n) is 15.5. The number of anilines is 1. The summed E-state index contributed by atoms with van der Waals surface area (Å²) in [5.74, 6) is 0.612. The van der Waals surface area contributed by atoms with Crippen LogP contribution in [-0.4, -0.2) is 32.7 Å². The SMILES string of the molecule is CCN(c1ccc(C(=O)NC(C(C)C)C(C)C)cc1)S(=O)(=O)CC. The molecule has 0 saturated carbocycles. The first-order valence-electron chi connectivity index (χ1n) is 8.55. The van der Waals surface area contributed by atoms with Crippen molar-refractivity contribution in [2.45, 2.75) is 47.6 Å². The van der Waals surface area contributed by atoms with Crippen molar-refractivity contribution >= 4 is 21.6 Å². The fourth-order valence-electron chi connectivity index (χ4n) is 2.81. The van der Waals surface area contributed by atoms with E-state index in [1.165, 1.54) is 4.31 Å². The summed E-state index contributed by atoms with van der Waals surface area (Å²) < 4.78 is 25.5. The van der Waals surface area contributed by atoms with E-state index >= 15 is 0 Å². The molecule has 136 valence electrons. The zero-order chi connectivity index (χ0) is 18.5. The van der Waals surface area contributed by atoms with Gasteiger partial charge in [-0.2, -0.15) is 0 Å². The number of hydrogen-bond donors (Lipinski definition) is 1. The summed E-state index contributed by atoms with van der Waals surface area (Å²) in [7, 11) is -3.31. The van der Waals surface area contributed by atoms with E-state index in [0.29, 0.717) is 29.6 Å². The van der Waals surface area contributed by atoms with E-state index in [1.807, 2.05) is 0 Å². The number of sulfonamides is 1. The van der Waals surface area contributed by atoms with E-state index < -0.39 is 10.0 Å². The molecule has 0 fully saturated rings. The van der Waals surface area contributed by atoms with Gasteiger partial charge in [-0.15, -0.1) is 0 Å². The number of nitrogens with zero attached hydrogens (tertiary/aromatic N) is 1. The summed E-state index contributed by atoms with van der Waals surface area (Å²) in [4.78, 5) is 12.4. The van der Waals surface area contributed by atoms with Crippen molar-refractivity contribution in [3.8, 4) is 0 Å². The minimum Gasteiger partial charge on any atom is -0.349 e. The molecule has 0 bridgehead atoms. The Balaban J connectivity index is 2.96. The minimum atomic E-state index is -3.31. The van der Waals surface area contributed by atoms with E-state index in [2.05, 4.69) is 33.0 Å². The van der Waals surface area contributed by atoms with Crippen LogP contribution >= 0.6 is 0 Å². The van der Waals surface area contributed by atoms with Crippen LogP contribution in [0.5, 0.6) is 0 Å². The molecule has 0 aliphatic heterocycles. The summed E-state index contributed by atoms with van der Waals surface area (Å²) in [6.45, 7) is 12.1. The molecule has 0 unspecified atom stereocenters. The van der Waals surface area contributed by atoms with Crippen LogP contribution in [-0.2, 0) is 10.0 Å². The van der Waals surface area contributed by atoms with Crippen LogP contribution in [0.15, 0.2) is 24.3 Å². The average Bonchev–Trinajstić information content (AvgIpc) is 2.52. The van der Waals surface area contributed by atoms with Crippen molar-refractivity contribution < 1.29 is 13.2 Å². The van der Waals surface area contributed by atoms with Crippen molar-refractivity contribution in [3.05, 3.63) is 29.8 Å². The lowest BCUT2D eigenvalue weighted by atomic mass is 9.93. The van der Waals surface area contributed by atoms with Crippen molar-refractivity contribution in [2.75, 3.05) is 16.6 Å². The summed E-state index contributed by atoms with van der Waals surface area (Å²) in [6.07, 6.45) is 0. The first kappa shape index (κ1) is 20.5. The lowest BCUT2D eigenvalue weighted by molar-refractivity contribution is 0.0910. The highest BCUT2D eigenvalue weighted by molar-refractivity contribution is 7.92. The summed E-state index contributed by atoms with van der Waals surface area (Å²) in [6, 6.07) is 6.83. The van der Waals surface area contributed by atoms with Gasteiger partial charge in [-0.1, -0.05) is 27.7 Å². The number of hydrogen-bond acceptors (Lipinski definition) is 3. The van der Waals surface area contributed by atoms with Gasteiger partial charge in [0.2, 0.25) is 10.0 Å². The average molecular weight is 355 g/mol. The third kappa shape index (κ3) is 4.97. The van der Waals surface area contributed by atoms with Crippen LogP contribution in [0.3, 0.4) is 0 Å². The lowest BCUT2D eigenvalue weighted by Gasteiger charge is -2.26. The predicted octanol–water partition coefficient (Wildman–Crippen LogP) is 3.27. The number of benzene rings is 1. The second-order valence-corrected chi connectivity index (χ2v) is 8.78. The highest BCUT2D eigenvalue weighted by Crippen LogP contribution is 2.20. The fraction of sp³-hybridized carbons (Fsp3) is 0.611. The first-order chi connectivity index (χ1) is 11.1. The maximum Gasteiger partial charge on any atom is 0.251 e. The van der Waals surface area contributed by atoms with E-state index in [1.54, 1.807) is 38.1 Å². The first-order valence-corrected chi connectivity index (χ1v) is 10.2. The molecular weight excluding hydrogens is 324 g/mol. The van der Waals surface area contributed by atoms with E-state index in [-0.39, 0.29) is 17.7 Å². The van der Waals surface area contributed by atoms with Gasteiger partial charge in [0, 0.05) is 18.2 Å². The van der Waals surface area contributed by atoms with Gasteiger partial charge in [-0.25, -0.2) is 8.42 Å². The Morgan fingerprint density at radius 1 is 1.04 bits per heavy atom. The Hall–Kier alpha value is -1.56. The minimum absolute atomic E-state index is 0.0491. The van der Waals surface area contributed by atoms with Crippen molar-refractivity contribution in [3.63, 3.8) is 0 Å². The number of carbonyl (C=O) groups is 1. The maximum atomic E-state index is 12.4. The number of carbonyl (C=O) groups excluding carboxylic acids is 1. The molecular formula is C18H30N2O3S. The highest BCUT2D eigenvalue weighted by atomic mass is 32.2. The van der Waals surface area contributed by atoms with Crippen LogP contribution < -0.4 is 9.62 Å². The standard InChI is InChI=1S/C18H30N2O3S/c1-7-20(24(22,23)8-2)16-11-9-15(10-12-16)18(21)19-17(13(3)4)14(5)6/h9-14,17H,7-8H2,1-6H3,(H,19,21). The number of amides is 1. The third-order valence-electron chi connectivity index (χ3n) is 4.14. The molecule has 1 N–H and O–H groups in total. The monoisotopic (exact) mass is 354 g/mol. The highest BCUT2D eigenvalue weighted by Gasteiger charge is 2.21. The zero-order valence-corrected chi connectivity index (χ0v) is 16.4. The van der Waals surface area contributed by atoms with Gasteiger partial charge < -0.3 is 5.32 Å². The molecule has 6 heteroatoms. The normalized spacial score (nSPS) is 12.0. The Morgan fingerprint density at radius 2 is 1.54 bits per heavy atom. The molecule has 0 aromatic heterocycles. The summed E-state index contributed by atoms with van der Waals surface area (Å²) >= 11 is 0. The lowest BCUT2D eigenvalue weighted by Crippen LogP contribution is -2.42. The van der Waals surface area contributed by atoms with Gasteiger partial charge in [0.25, 0.3) is 5.91 Å². The maximum absolute atomic E-state index is 12.4. The molecule has 0 aliphatic rings. The predicted molar refractivity (Wildman–Crippen MR) is 99.9 cm³/mol. The molecule has 0 atom stereocenters. The summed E-state index contributed by atoms with van der Waals surface area (Å²) in [5, 5.41) is 3.07. The second kappa shape index (κ2) is 8.51. The molecule has 1 aromatic carbocycles. The number of rotatable bonds is 8. The molecule has 0 heterocycles. The van der Waals surface area contributed by atoms with E-state index in [4.69, 9.17) is 0 Å². The van der Waals surface area contributed by atoms with Crippen LogP contribution in [0.1, 0.15) is 51.9 Å². The van der Waals surface area contributed by atoms with Crippen LogP contribution in [0.2, 0.25) is 0 Å². The van der Waals surface area contributed by atoms with Crippen molar-refractivity contribution in [1.82, 2.24) is 5.32 Å². The molecule has 5 nitrogen and oxygen atoms in total. The van der Waals surface area contributed by atoms with Crippen molar-refractivity contribution in [1.29, 1.82) is 0 Å². The van der Waals surface area contributed by atoms with Gasteiger partial charge in [0.15, 0.2) is 0 Å².